The summed E-state index contributed by atoms with van der Waals surface area (Å²) in [6, 6.07) is 0. The standard InChI is InChI=1S/C3H4.C3H3.CH4.CH3.2Y/c2*1-3-2;;;;/h1H,2H3;1H3;1H4;1H3;;/q;-1;;-1;;. The fraction of sp³-hybridized carbons (Fsp3) is 0.375. The van der Waals surface area contributed by atoms with Gasteiger partial charge in [0, 0.05) is 65.4 Å². The van der Waals surface area contributed by atoms with E-state index in [1.165, 1.54) is 0 Å². The molecular weight excluding hydrogens is 274 g/mol. The second kappa shape index (κ2) is 81.1. The van der Waals surface area contributed by atoms with E-state index < -0.39 is 0 Å². The summed E-state index contributed by atoms with van der Waals surface area (Å²) in [5.41, 5.74) is 0. The maximum atomic E-state index is 5.96. The van der Waals surface area contributed by atoms with E-state index in [0.29, 0.717) is 0 Å². The van der Waals surface area contributed by atoms with Crippen molar-refractivity contribution in [1.29, 1.82) is 0 Å². The van der Waals surface area contributed by atoms with Gasteiger partial charge >= 0.3 is 0 Å². The van der Waals surface area contributed by atoms with Crippen LogP contribution < -0.4 is 0 Å². The second-order valence-corrected chi connectivity index (χ2v) is 0.539. The summed E-state index contributed by atoms with van der Waals surface area (Å²) in [5, 5.41) is 0. The smallest absolute Gasteiger partial charge is 0 e. The molecule has 0 rings (SSSR count). The molecule has 0 aromatic rings. The van der Waals surface area contributed by atoms with Gasteiger partial charge in [0.2, 0.25) is 0 Å². The molecule has 0 aliphatic rings. The molecule has 0 aromatic heterocycles. The van der Waals surface area contributed by atoms with E-state index in [0.717, 1.165) is 0 Å². The summed E-state index contributed by atoms with van der Waals surface area (Å²) in [7, 11) is 0. The van der Waals surface area contributed by atoms with Crippen molar-refractivity contribution in [3.05, 3.63) is 13.9 Å². The van der Waals surface area contributed by atoms with Gasteiger partial charge < -0.3 is 19.8 Å². The third kappa shape index (κ3) is 367. The monoisotopic (exact) mass is 288 g/mol. The third-order valence-electron chi connectivity index (χ3n) is 0. The van der Waals surface area contributed by atoms with Gasteiger partial charge in [-0.1, -0.05) is 7.43 Å². The van der Waals surface area contributed by atoms with Gasteiger partial charge in [-0.15, -0.1) is 12.3 Å². The SMILES string of the molecule is C.C#CC.[C-]#CC.[CH3-].[Y].[Y]. The Kier molecular flexibility index (Phi) is 345. The fourth-order valence-corrected chi connectivity index (χ4v) is 0. The summed E-state index contributed by atoms with van der Waals surface area (Å²) >= 11 is 0. The van der Waals surface area contributed by atoms with Gasteiger partial charge in [0.1, 0.15) is 0 Å². The quantitative estimate of drug-likeness (QED) is 0.474. The third-order valence-corrected chi connectivity index (χ3v) is 0. The van der Waals surface area contributed by atoms with Gasteiger partial charge in [-0.3, -0.25) is 0 Å². The molecule has 0 bridgehead atoms. The summed E-state index contributed by atoms with van der Waals surface area (Å²) in [6.07, 6.45) is 10.6. The molecule has 0 aromatic carbocycles. The molecule has 0 aliphatic heterocycles. The summed E-state index contributed by atoms with van der Waals surface area (Å²) in [4.78, 5) is 0. The van der Waals surface area contributed by atoms with Gasteiger partial charge in [0.05, 0.1) is 0 Å². The predicted octanol–water partition coefficient (Wildman–Crippen LogP) is 2.32. The molecule has 0 atom stereocenters. The maximum absolute atomic E-state index is 5.96. The molecule has 0 spiro atoms. The second-order valence-electron chi connectivity index (χ2n) is 0.539. The molecule has 2 heteroatoms. The van der Waals surface area contributed by atoms with Crippen LogP contribution in [-0.4, -0.2) is 0 Å². The van der Waals surface area contributed by atoms with Gasteiger partial charge in [0.25, 0.3) is 0 Å². The largest absolute Gasteiger partial charge is 0.694 e. The predicted molar refractivity (Wildman–Crippen MR) is 40.5 cm³/mol. The Morgan fingerprint density at radius 2 is 1.20 bits per heavy atom. The summed E-state index contributed by atoms with van der Waals surface area (Å²) < 4.78 is 0. The normalized spacial score (nSPS) is 1.60. The Hall–Kier alpha value is 1.33. The minimum Gasteiger partial charge on any atom is -0.694 e. The molecule has 0 heterocycles. The molecule has 0 unspecified atom stereocenters. The molecule has 0 fully saturated rings. The minimum atomic E-state index is 0. The van der Waals surface area contributed by atoms with Crippen molar-refractivity contribution in [1.82, 2.24) is 0 Å². The summed E-state index contributed by atoms with van der Waals surface area (Å²) in [5.74, 6) is 4.25. The minimum absolute atomic E-state index is 0. The molecule has 0 saturated heterocycles. The van der Waals surface area contributed by atoms with E-state index >= 15 is 0 Å². The Morgan fingerprint density at radius 1 is 1.20 bits per heavy atom. The van der Waals surface area contributed by atoms with Crippen molar-refractivity contribution in [3.63, 3.8) is 0 Å². The Balaban J connectivity index is -0.00000000571. The molecule has 10 heavy (non-hydrogen) atoms. The van der Waals surface area contributed by atoms with Crippen LogP contribution in [0.25, 0.3) is 0 Å². The van der Waals surface area contributed by atoms with Crippen LogP contribution >= 0.6 is 0 Å². The van der Waals surface area contributed by atoms with E-state index in [2.05, 4.69) is 12.3 Å². The molecule has 0 aliphatic carbocycles. The average Bonchev–Trinajstić information content (AvgIpc) is 1.39. The first-order valence-corrected chi connectivity index (χ1v) is 1.54. The van der Waals surface area contributed by atoms with Crippen LogP contribution in [0.1, 0.15) is 21.3 Å². The topological polar surface area (TPSA) is 0 Å². The molecular formula is C8H14Y2-2. The van der Waals surface area contributed by atoms with Gasteiger partial charge in [-0.2, -0.15) is 0 Å². The first-order chi connectivity index (χ1) is 2.83. The molecule has 2 radical (unpaired) electrons. The molecule has 0 saturated carbocycles. The molecule has 0 amide bonds. The van der Waals surface area contributed by atoms with E-state index in [1.54, 1.807) is 13.8 Å². The van der Waals surface area contributed by atoms with E-state index in [4.69, 9.17) is 6.42 Å². The van der Waals surface area contributed by atoms with Crippen LogP contribution in [0, 0.1) is 32.1 Å². The van der Waals surface area contributed by atoms with Crippen LogP contribution in [0.2, 0.25) is 0 Å². The van der Waals surface area contributed by atoms with Crippen molar-refractivity contribution in [2.24, 2.45) is 0 Å². The molecule has 54 valence electrons. The summed E-state index contributed by atoms with van der Waals surface area (Å²) in [6.45, 7) is 3.19. The van der Waals surface area contributed by atoms with Crippen molar-refractivity contribution in [2.45, 2.75) is 21.3 Å². The Labute approximate surface area is 117 Å². The average molecular weight is 288 g/mol. The zero-order chi connectivity index (χ0) is 5.41. The van der Waals surface area contributed by atoms with Crippen molar-refractivity contribution >= 4 is 0 Å². The number of hydrogen-bond donors (Lipinski definition) is 0. The number of terminal acetylenes is 1. The van der Waals surface area contributed by atoms with Gasteiger partial charge in [-0.25, -0.2) is 0 Å². The van der Waals surface area contributed by atoms with Crippen LogP contribution in [0.4, 0.5) is 0 Å². The number of hydrogen-bond acceptors (Lipinski definition) is 0. The van der Waals surface area contributed by atoms with Crippen LogP contribution in [0.3, 0.4) is 0 Å². The van der Waals surface area contributed by atoms with Crippen molar-refractivity contribution < 1.29 is 65.4 Å². The van der Waals surface area contributed by atoms with Gasteiger partial charge in [0.15, 0.2) is 0 Å². The van der Waals surface area contributed by atoms with Gasteiger partial charge in [-0.05, 0) is 13.8 Å². The molecule has 0 nitrogen and oxygen atoms in total. The van der Waals surface area contributed by atoms with Crippen LogP contribution in [0.5, 0.6) is 0 Å². The van der Waals surface area contributed by atoms with E-state index in [1.807, 2.05) is 5.92 Å². The van der Waals surface area contributed by atoms with E-state index in [-0.39, 0.29) is 80.3 Å². The van der Waals surface area contributed by atoms with Crippen LogP contribution in [0.15, 0.2) is 0 Å². The fourth-order valence-electron chi connectivity index (χ4n) is 0. The number of rotatable bonds is 0. The first-order valence-electron chi connectivity index (χ1n) is 1.54. The zero-order valence-electron chi connectivity index (χ0n) is 6.23. The van der Waals surface area contributed by atoms with Crippen molar-refractivity contribution in [3.8, 4) is 18.3 Å². The van der Waals surface area contributed by atoms with Crippen LogP contribution in [-0.2, 0) is 65.4 Å². The molecule has 0 N–H and O–H groups in total. The Bertz CT molecular complexity index is 62.2. The van der Waals surface area contributed by atoms with Crippen molar-refractivity contribution in [2.75, 3.05) is 0 Å². The Morgan fingerprint density at radius 3 is 1.20 bits per heavy atom. The zero-order valence-corrected chi connectivity index (χ0v) is 11.9. The maximum Gasteiger partial charge on any atom is 0 e. The first kappa shape index (κ1) is 42.6. The van der Waals surface area contributed by atoms with E-state index in [9.17, 15) is 0 Å².